The molecular formula is C23H21N3O3. The molecule has 6 nitrogen and oxygen atoms in total. The molecule has 3 amide bonds. The zero-order valence-corrected chi connectivity index (χ0v) is 16.3. The minimum Gasteiger partial charge on any atom is -0.497 e. The van der Waals surface area contributed by atoms with E-state index in [-0.39, 0.29) is 18.1 Å². The van der Waals surface area contributed by atoms with Crippen LogP contribution in [0.15, 0.2) is 72.4 Å². The molecular weight excluding hydrogens is 366 g/mol. The fourth-order valence-corrected chi connectivity index (χ4v) is 3.38. The summed E-state index contributed by atoms with van der Waals surface area (Å²) in [4.78, 5) is 26.4. The molecule has 0 aliphatic carbocycles. The van der Waals surface area contributed by atoms with E-state index < -0.39 is 6.03 Å². The molecule has 4 rings (SSSR count). The van der Waals surface area contributed by atoms with Gasteiger partial charge in [-0.25, -0.2) is 4.79 Å². The third kappa shape index (κ3) is 3.65. The Kier molecular flexibility index (Phi) is 4.91. The van der Waals surface area contributed by atoms with Crippen LogP contribution in [0.4, 0.5) is 4.79 Å². The van der Waals surface area contributed by atoms with Crippen LogP contribution in [0, 0.1) is 6.92 Å². The monoisotopic (exact) mass is 387 g/mol. The first-order valence-corrected chi connectivity index (χ1v) is 9.28. The molecule has 1 N–H and O–H groups in total. The number of rotatable bonds is 5. The molecule has 146 valence electrons. The van der Waals surface area contributed by atoms with E-state index in [4.69, 9.17) is 4.74 Å². The number of methoxy groups -OCH3 is 1. The van der Waals surface area contributed by atoms with Crippen LogP contribution >= 0.6 is 0 Å². The summed E-state index contributed by atoms with van der Waals surface area (Å²) in [5.41, 5.74) is 3.92. The van der Waals surface area contributed by atoms with Crippen molar-refractivity contribution in [1.29, 1.82) is 0 Å². The van der Waals surface area contributed by atoms with Crippen molar-refractivity contribution in [2.45, 2.75) is 13.5 Å². The molecule has 6 heteroatoms. The molecule has 1 saturated heterocycles. The topological polar surface area (TPSA) is 63.6 Å². The van der Waals surface area contributed by atoms with Crippen LogP contribution in [-0.2, 0) is 11.3 Å². The van der Waals surface area contributed by atoms with Crippen molar-refractivity contribution in [1.82, 2.24) is 14.8 Å². The van der Waals surface area contributed by atoms with Crippen molar-refractivity contribution < 1.29 is 14.3 Å². The number of aryl methyl sites for hydroxylation is 1. The molecule has 0 unspecified atom stereocenters. The van der Waals surface area contributed by atoms with E-state index in [1.807, 2.05) is 78.2 Å². The highest BCUT2D eigenvalue weighted by Crippen LogP contribution is 2.23. The van der Waals surface area contributed by atoms with Gasteiger partial charge in [-0.05, 0) is 55.0 Å². The summed E-state index contributed by atoms with van der Waals surface area (Å²) in [5.74, 6) is 0.437. The van der Waals surface area contributed by atoms with Gasteiger partial charge in [-0.2, -0.15) is 0 Å². The molecule has 3 aromatic rings. The molecule has 1 aromatic heterocycles. The predicted molar refractivity (Wildman–Crippen MR) is 111 cm³/mol. The molecule has 1 aliphatic rings. The van der Waals surface area contributed by atoms with Gasteiger partial charge in [0.25, 0.3) is 5.91 Å². The largest absolute Gasteiger partial charge is 0.497 e. The second-order valence-electron chi connectivity index (χ2n) is 6.80. The fourth-order valence-electron chi connectivity index (χ4n) is 3.38. The number of imide groups is 1. The number of ether oxygens (including phenoxy) is 1. The van der Waals surface area contributed by atoms with Crippen molar-refractivity contribution in [2.24, 2.45) is 0 Å². The Morgan fingerprint density at radius 2 is 1.69 bits per heavy atom. The lowest BCUT2D eigenvalue weighted by atomic mass is 10.2. The van der Waals surface area contributed by atoms with Gasteiger partial charge in [-0.15, -0.1) is 0 Å². The summed E-state index contributed by atoms with van der Waals surface area (Å²) in [6.07, 6.45) is 1.71. The standard InChI is InChI=1S/C23H21N3O3/c1-16-8-9-19(26(16)18-10-12-20(29-2)13-11-18)14-21-22(27)25(23(28)24-21)15-17-6-4-3-5-7-17/h3-14H,15H2,1-2H3,(H,24,28)/b21-14-. The van der Waals surface area contributed by atoms with Gasteiger partial charge in [0.2, 0.25) is 0 Å². The summed E-state index contributed by atoms with van der Waals surface area (Å²) in [7, 11) is 1.63. The van der Waals surface area contributed by atoms with E-state index >= 15 is 0 Å². The van der Waals surface area contributed by atoms with Crippen LogP contribution in [0.25, 0.3) is 11.8 Å². The van der Waals surface area contributed by atoms with E-state index in [0.29, 0.717) is 0 Å². The quantitative estimate of drug-likeness (QED) is 0.534. The summed E-state index contributed by atoms with van der Waals surface area (Å²) >= 11 is 0. The Morgan fingerprint density at radius 3 is 2.38 bits per heavy atom. The van der Waals surface area contributed by atoms with Gasteiger partial charge in [0.15, 0.2) is 0 Å². The third-order valence-corrected chi connectivity index (χ3v) is 4.87. The lowest BCUT2D eigenvalue weighted by Crippen LogP contribution is -2.30. The molecule has 1 aliphatic heterocycles. The van der Waals surface area contributed by atoms with Gasteiger partial charge < -0.3 is 14.6 Å². The van der Waals surface area contributed by atoms with Crippen LogP contribution in [0.5, 0.6) is 5.75 Å². The van der Waals surface area contributed by atoms with Gasteiger partial charge in [-0.1, -0.05) is 30.3 Å². The number of carbonyl (C=O) groups excluding carboxylic acids is 2. The molecule has 1 fully saturated rings. The van der Waals surface area contributed by atoms with Gasteiger partial charge in [0, 0.05) is 17.1 Å². The number of hydrogen-bond acceptors (Lipinski definition) is 3. The summed E-state index contributed by atoms with van der Waals surface area (Å²) in [5, 5.41) is 2.69. The van der Waals surface area contributed by atoms with Gasteiger partial charge in [-0.3, -0.25) is 9.69 Å². The number of carbonyl (C=O) groups is 2. The third-order valence-electron chi connectivity index (χ3n) is 4.87. The highest BCUT2D eigenvalue weighted by atomic mass is 16.5. The SMILES string of the molecule is COc1ccc(-n2c(C)ccc2/C=C2\NC(=O)N(Cc3ccccc3)C2=O)cc1. The van der Waals surface area contributed by atoms with Crippen LogP contribution < -0.4 is 10.1 Å². The summed E-state index contributed by atoms with van der Waals surface area (Å²) in [6.45, 7) is 2.23. The highest BCUT2D eigenvalue weighted by Gasteiger charge is 2.33. The summed E-state index contributed by atoms with van der Waals surface area (Å²) < 4.78 is 7.24. The minimum absolute atomic E-state index is 0.237. The lowest BCUT2D eigenvalue weighted by molar-refractivity contribution is -0.123. The number of benzene rings is 2. The van der Waals surface area contributed by atoms with Crippen molar-refractivity contribution >= 4 is 18.0 Å². The van der Waals surface area contributed by atoms with Crippen molar-refractivity contribution in [3.05, 3.63) is 89.4 Å². The zero-order valence-electron chi connectivity index (χ0n) is 16.3. The smallest absolute Gasteiger partial charge is 0.329 e. The van der Waals surface area contributed by atoms with Gasteiger partial charge in [0.05, 0.1) is 13.7 Å². The molecule has 2 heterocycles. The number of nitrogens with zero attached hydrogens (tertiary/aromatic N) is 2. The van der Waals surface area contributed by atoms with Crippen molar-refractivity contribution in [2.75, 3.05) is 7.11 Å². The Labute approximate surface area is 169 Å². The molecule has 0 saturated carbocycles. The number of urea groups is 1. The average Bonchev–Trinajstić information content (AvgIpc) is 3.23. The maximum atomic E-state index is 12.8. The average molecular weight is 387 g/mol. The Hall–Kier alpha value is -3.80. The number of aromatic nitrogens is 1. The number of hydrogen-bond donors (Lipinski definition) is 1. The van der Waals surface area contributed by atoms with E-state index in [1.54, 1.807) is 13.2 Å². The van der Waals surface area contributed by atoms with Crippen LogP contribution in [0.2, 0.25) is 0 Å². The lowest BCUT2D eigenvalue weighted by Gasteiger charge is -2.12. The molecule has 29 heavy (non-hydrogen) atoms. The normalized spacial score (nSPS) is 15.1. The Morgan fingerprint density at radius 1 is 0.966 bits per heavy atom. The molecule has 0 spiro atoms. The predicted octanol–water partition coefficient (Wildman–Crippen LogP) is 3.89. The molecule has 0 atom stereocenters. The van der Waals surface area contributed by atoms with E-state index in [9.17, 15) is 9.59 Å². The van der Waals surface area contributed by atoms with Crippen LogP contribution in [0.1, 0.15) is 17.0 Å². The number of amides is 3. The zero-order chi connectivity index (χ0) is 20.4. The van der Waals surface area contributed by atoms with E-state index in [0.717, 1.165) is 28.4 Å². The first-order chi connectivity index (χ1) is 14.1. The minimum atomic E-state index is -0.413. The first kappa shape index (κ1) is 18.6. The maximum Gasteiger partial charge on any atom is 0.329 e. The highest BCUT2D eigenvalue weighted by molar-refractivity contribution is 6.13. The second-order valence-corrected chi connectivity index (χ2v) is 6.80. The van der Waals surface area contributed by atoms with Gasteiger partial charge >= 0.3 is 6.03 Å². The van der Waals surface area contributed by atoms with Crippen LogP contribution in [0.3, 0.4) is 0 Å². The molecule has 2 aromatic carbocycles. The molecule has 0 bridgehead atoms. The fraction of sp³-hybridized carbons (Fsp3) is 0.130. The number of nitrogens with one attached hydrogen (secondary N) is 1. The molecule has 0 radical (unpaired) electrons. The van der Waals surface area contributed by atoms with Crippen molar-refractivity contribution in [3.8, 4) is 11.4 Å². The summed E-state index contributed by atoms with van der Waals surface area (Å²) in [6, 6.07) is 20.6. The Balaban J connectivity index is 1.63. The van der Waals surface area contributed by atoms with Gasteiger partial charge in [0.1, 0.15) is 11.4 Å². The van der Waals surface area contributed by atoms with E-state index in [1.165, 1.54) is 4.90 Å². The second kappa shape index (κ2) is 7.67. The Bertz CT molecular complexity index is 1080. The van der Waals surface area contributed by atoms with Crippen molar-refractivity contribution in [3.63, 3.8) is 0 Å². The van der Waals surface area contributed by atoms with E-state index in [2.05, 4.69) is 5.32 Å². The maximum absolute atomic E-state index is 12.8. The van der Waals surface area contributed by atoms with Crippen LogP contribution in [-0.4, -0.2) is 28.5 Å². The first-order valence-electron chi connectivity index (χ1n) is 9.28.